The Labute approximate surface area is 87.1 Å². The van der Waals surface area contributed by atoms with Gasteiger partial charge >= 0.3 is 0 Å². The summed E-state index contributed by atoms with van der Waals surface area (Å²) >= 11 is 0. The molecular weight excluding hydrogens is 174 g/mol. The molecule has 0 aromatic carbocycles. The molecule has 1 aliphatic rings. The van der Waals surface area contributed by atoms with E-state index in [1.807, 2.05) is 0 Å². The van der Waals surface area contributed by atoms with Crippen molar-refractivity contribution in [3.05, 3.63) is 0 Å². The highest BCUT2D eigenvalue weighted by molar-refractivity contribution is 5.14. The second kappa shape index (κ2) is 4.77. The van der Waals surface area contributed by atoms with Gasteiger partial charge in [0.25, 0.3) is 0 Å². The van der Waals surface area contributed by atoms with Crippen molar-refractivity contribution in [2.45, 2.75) is 31.7 Å². The lowest BCUT2D eigenvalue weighted by Crippen LogP contribution is -2.47. The predicted octanol–water partition coefficient (Wildman–Crippen LogP) is 1.22. The SMILES string of the molecule is CCC(C#N)(NCCN(C)C)C1CC1. The molecule has 0 aromatic heterocycles. The summed E-state index contributed by atoms with van der Waals surface area (Å²) in [4.78, 5) is 2.14. The van der Waals surface area contributed by atoms with Crippen LogP contribution in [0.4, 0.5) is 0 Å². The summed E-state index contributed by atoms with van der Waals surface area (Å²) in [7, 11) is 4.11. The van der Waals surface area contributed by atoms with Crippen LogP contribution in [0.3, 0.4) is 0 Å². The minimum absolute atomic E-state index is 0.240. The van der Waals surface area contributed by atoms with E-state index in [2.05, 4.69) is 37.3 Å². The Hall–Kier alpha value is -0.590. The van der Waals surface area contributed by atoms with Gasteiger partial charge in [0, 0.05) is 13.1 Å². The standard InChI is InChI=1S/C11H21N3/c1-4-11(9-12,10-5-6-10)13-7-8-14(2)3/h10,13H,4-8H2,1-3H3. The number of hydrogen-bond acceptors (Lipinski definition) is 3. The fraction of sp³-hybridized carbons (Fsp3) is 0.909. The molecule has 0 saturated heterocycles. The van der Waals surface area contributed by atoms with Crippen molar-refractivity contribution in [1.29, 1.82) is 5.26 Å². The maximum atomic E-state index is 9.23. The van der Waals surface area contributed by atoms with Crippen LogP contribution in [-0.2, 0) is 0 Å². The molecule has 1 fully saturated rings. The Morgan fingerprint density at radius 1 is 1.50 bits per heavy atom. The first-order valence-corrected chi connectivity index (χ1v) is 5.45. The summed E-state index contributed by atoms with van der Waals surface area (Å²) in [6.07, 6.45) is 3.36. The van der Waals surface area contributed by atoms with Gasteiger partial charge in [-0.3, -0.25) is 5.32 Å². The smallest absolute Gasteiger partial charge is 0.109 e. The Balaban J connectivity index is 2.40. The van der Waals surface area contributed by atoms with Gasteiger partial charge in [-0.15, -0.1) is 0 Å². The van der Waals surface area contributed by atoms with Crippen molar-refractivity contribution in [2.75, 3.05) is 27.2 Å². The number of hydrogen-bond donors (Lipinski definition) is 1. The fourth-order valence-corrected chi connectivity index (χ4v) is 1.85. The predicted molar refractivity (Wildman–Crippen MR) is 57.9 cm³/mol. The first kappa shape index (κ1) is 11.5. The van der Waals surface area contributed by atoms with Gasteiger partial charge in [-0.1, -0.05) is 6.92 Å². The normalized spacial score (nSPS) is 20.5. The third-order valence-corrected chi connectivity index (χ3v) is 3.03. The molecule has 0 radical (unpaired) electrons. The summed E-state index contributed by atoms with van der Waals surface area (Å²) < 4.78 is 0. The van der Waals surface area contributed by atoms with Gasteiger partial charge in [-0.2, -0.15) is 5.26 Å². The first-order valence-electron chi connectivity index (χ1n) is 5.45. The minimum atomic E-state index is -0.240. The van der Waals surface area contributed by atoms with Gasteiger partial charge in [-0.05, 0) is 39.3 Å². The Kier molecular flexibility index (Phi) is 3.91. The summed E-state index contributed by atoms with van der Waals surface area (Å²) in [5.41, 5.74) is -0.240. The molecule has 0 heterocycles. The zero-order valence-corrected chi connectivity index (χ0v) is 9.51. The quantitative estimate of drug-likeness (QED) is 0.692. The minimum Gasteiger partial charge on any atom is -0.308 e. The number of nitrogens with zero attached hydrogens (tertiary/aromatic N) is 2. The van der Waals surface area contributed by atoms with E-state index in [0.29, 0.717) is 5.92 Å². The Morgan fingerprint density at radius 3 is 2.50 bits per heavy atom. The summed E-state index contributed by atoms with van der Waals surface area (Å²) in [5.74, 6) is 0.597. The van der Waals surface area contributed by atoms with Gasteiger partial charge in [0.15, 0.2) is 0 Å². The highest BCUT2D eigenvalue weighted by atomic mass is 15.1. The highest BCUT2D eigenvalue weighted by Gasteiger charge is 2.43. The van der Waals surface area contributed by atoms with Crippen molar-refractivity contribution >= 4 is 0 Å². The number of nitrogens with one attached hydrogen (secondary N) is 1. The van der Waals surface area contributed by atoms with E-state index in [0.717, 1.165) is 19.5 Å². The molecule has 1 saturated carbocycles. The summed E-state index contributed by atoms with van der Waals surface area (Å²) in [6, 6.07) is 2.47. The third-order valence-electron chi connectivity index (χ3n) is 3.03. The highest BCUT2D eigenvalue weighted by Crippen LogP contribution is 2.41. The molecule has 3 heteroatoms. The second-order valence-electron chi connectivity index (χ2n) is 4.44. The van der Waals surface area contributed by atoms with E-state index in [9.17, 15) is 5.26 Å². The molecule has 80 valence electrons. The van der Waals surface area contributed by atoms with Gasteiger partial charge in [0.2, 0.25) is 0 Å². The molecule has 1 rings (SSSR count). The zero-order chi connectivity index (χ0) is 10.6. The molecule has 1 atom stereocenters. The van der Waals surface area contributed by atoms with Crippen LogP contribution in [0.25, 0.3) is 0 Å². The Morgan fingerprint density at radius 2 is 2.14 bits per heavy atom. The van der Waals surface area contributed by atoms with Crippen LogP contribution >= 0.6 is 0 Å². The maximum absolute atomic E-state index is 9.23. The monoisotopic (exact) mass is 195 g/mol. The van der Waals surface area contributed by atoms with Crippen LogP contribution < -0.4 is 5.32 Å². The van der Waals surface area contributed by atoms with E-state index in [1.54, 1.807) is 0 Å². The molecular formula is C11H21N3. The lowest BCUT2D eigenvalue weighted by atomic mass is 9.92. The van der Waals surface area contributed by atoms with Crippen molar-refractivity contribution in [2.24, 2.45) is 5.92 Å². The average molecular weight is 195 g/mol. The molecule has 1 N–H and O–H groups in total. The molecule has 0 bridgehead atoms. The molecule has 3 nitrogen and oxygen atoms in total. The van der Waals surface area contributed by atoms with Crippen molar-refractivity contribution in [3.8, 4) is 6.07 Å². The molecule has 0 aromatic rings. The second-order valence-corrected chi connectivity index (χ2v) is 4.44. The molecule has 0 spiro atoms. The molecule has 1 unspecified atom stereocenters. The molecule has 0 amide bonds. The summed E-state index contributed by atoms with van der Waals surface area (Å²) in [6.45, 7) is 4.01. The van der Waals surface area contributed by atoms with Crippen LogP contribution in [0, 0.1) is 17.2 Å². The number of nitriles is 1. The summed E-state index contributed by atoms with van der Waals surface area (Å²) in [5, 5.41) is 12.6. The lowest BCUT2D eigenvalue weighted by molar-refractivity contribution is 0.319. The fourth-order valence-electron chi connectivity index (χ4n) is 1.85. The van der Waals surface area contributed by atoms with Crippen molar-refractivity contribution in [3.63, 3.8) is 0 Å². The molecule has 0 aliphatic heterocycles. The van der Waals surface area contributed by atoms with Crippen LogP contribution in [0.15, 0.2) is 0 Å². The van der Waals surface area contributed by atoms with Crippen LogP contribution in [0.5, 0.6) is 0 Å². The largest absolute Gasteiger partial charge is 0.308 e. The topological polar surface area (TPSA) is 39.1 Å². The van der Waals surface area contributed by atoms with E-state index >= 15 is 0 Å². The van der Waals surface area contributed by atoms with Gasteiger partial charge in [-0.25, -0.2) is 0 Å². The Bertz CT molecular complexity index is 215. The zero-order valence-electron chi connectivity index (χ0n) is 9.51. The molecule has 14 heavy (non-hydrogen) atoms. The number of rotatable bonds is 6. The van der Waals surface area contributed by atoms with E-state index < -0.39 is 0 Å². The lowest BCUT2D eigenvalue weighted by Gasteiger charge is -2.27. The average Bonchev–Trinajstić information content (AvgIpc) is 2.96. The van der Waals surface area contributed by atoms with Gasteiger partial charge in [0.1, 0.15) is 5.54 Å². The van der Waals surface area contributed by atoms with Crippen LogP contribution in [-0.4, -0.2) is 37.6 Å². The van der Waals surface area contributed by atoms with E-state index in [-0.39, 0.29) is 5.54 Å². The molecule has 1 aliphatic carbocycles. The van der Waals surface area contributed by atoms with Crippen molar-refractivity contribution < 1.29 is 0 Å². The first-order chi connectivity index (χ1) is 6.64. The van der Waals surface area contributed by atoms with Gasteiger partial charge in [0.05, 0.1) is 6.07 Å². The van der Waals surface area contributed by atoms with E-state index in [1.165, 1.54) is 12.8 Å². The third kappa shape index (κ3) is 2.70. The van der Waals surface area contributed by atoms with Crippen LogP contribution in [0.2, 0.25) is 0 Å². The van der Waals surface area contributed by atoms with Crippen molar-refractivity contribution in [1.82, 2.24) is 10.2 Å². The van der Waals surface area contributed by atoms with E-state index in [4.69, 9.17) is 0 Å². The number of likely N-dealkylation sites (N-methyl/N-ethyl adjacent to an activating group) is 1. The van der Waals surface area contributed by atoms with Gasteiger partial charge < -0.3 is 4.90 Å². The maximum Gasteiger partial charge on any atom is 0.109 e. The van der Waals surface area contributed by atoms with Crippen LogP contribution in [0.1, 0.15) is 26.2 Å².